The zero-order chi connectivity index (χ0) is 26.8. The summed E-state index contributed by atoms with van der Waals surface area (Å²) in [6, 6.07) is 11.4. The number of ether oxygens (including phenoxy) is 1. The molecule has 198 valence electrons. The molecule has 0 saturated carbocycles. The van der Waals surface area contributed by atoms with Gasteiger partial charge in [-0.15, -0.1) is 0 Å². The highest BCUT2D eigenvalue weighted by Gasteiger charge is 2.26. The maximum atomic E-state index is 11.2. The summed E-state index contributed by atoms with van der Waals surface area (Å²) in [5.41, 5.74) is 4.25. The molecule has 0 amide bonds. The lowest BCUT2D eigenvalue weighted by Gasteiger charge is -2.17. The molecule has 1 aromatic heterocycles. The average molecular weight is 550 g/mol. The molecule has 2 N–H and O–H groups in total. The molecular formula is C25H29N2O8S2+. The Balaban J connectivity index is 1.61. The van der Waals surface area contributed by atoms with Crippen LogP contribution in [-0.2, 0) is 26.8 Å². The SMILES string of the molecule is Cc1ccc2c(c1)OC(=CC=Cc1oc3cc(C)ccc3[n+]1CCCS(=O)(=O)O)N2CCCS(=O)(=O)O. The van der Waals surface area contributed by atoms with Crippen LogP contribution in [0.1, 0.15) is 29.9 Å². The molecule has 4 rings (SSSR count). The van der Waals surface area contributed by atoms with Crippen LogP contribution in [0.25, 0.3) is 17.2 Å². The number of rotatable bonds is 10. The molecule has 37 heavy (non-hydrogen) atoms. The van der Waals surface area contributed by atoms with Gasteiger partial charge in [-0.05, 0) is 61.7 Å². The van der Waals surface area contributed by atoms with E-state index in [0.717, 1.165) is 22.3 Å². The summed E-state index contributed by atoms with van der Waals surface area (Å²) in [4.78, 5) is 1.84. The molecule has 0 saturated heterocycles. The maximum absolute atomic E-state index is 11.2. The van der Waals surface area contributed by atoms with Gasteiger partial charge in [0.25, 0.3) is 25.8 Å². The molecular weight excluding hydrogens is 520 g/mol. The van der Waals surface area contributed by atoms with Crippen LogP contribution in [0, 0.1) is 13.8 Å². The number of nitrogens with zero attached hydrogens (tertiary/aromatic N) is 2. The van der Waals surface area contributed by atoms with E-state index < -0.39 is 20.2 Å². The monoisotopic (exact) mass is 549 g/mol. The normalized spacial score (nSPS) is 15.1. The van der Waals surface area contributed by atoms with E-state index in [9.17, 15) is 16.8 Å². The van der Waals surface area contributed by atoms with Crippen molar-refractivity contribution < 1.29 is 39.7 Å². The Morgan fingerprint density at radius 2 is 1.62 bits per heavy atom. The Morgan fingerprint density at radius 1 is 0.946 bits per heavy atom. The van der Waals surface area contributed by atoms with Crippen molar-refractivity contribution in [2.24, 2.45) is 0 Å². The Hall–Kier alpha value is -3.19. The highest BCUT2D eigenvalue weighted by Crippen LogP contribution is 2.39. The van der Waals surface area contributed by atoms with Gasteiger partial charge in [0.1, 0.15) is 0 Å². The van der Waals surface area contributed by atoms with E-state index in [1.54, 1.807) is 18.2 Å². The standard InChI is InChI=1S/C25H28N2O8S2/c1-18-8-10-20-22(16-18)34-24(26(20)12-4-14-36(28,29)30)6-3-7-25-27(13-5-15-37(31,32)33)21-11-9-19(2)17-23(21)35-25/h3,6-11,16-17H,4-5,12-15H2,1-2H3,(H-,28,29,30,31,32,33)/p+1. The summed E-state index contributed by atoms with van der Waals surface area (Å²) in [6.07, 6.45) is 5.59. The van der Waals surface area contributed by atoms with Gasteiger partial charge in [-0.25, -0.2) is 0 Å². The van der Waals surface area contributed by atoms with Crippen molar-refractivity contribution in [2.75, 3.05) is 23.0 Å². The topological polar surface area (TPSA) is 138 Å². The van der Waals surface area contributed by atoms with Crippen molar-refractivity contribution in [3.63, 3.8) is 0 Å². The lowest BCUT2D eigenvalue weighted by molar-refractivity contribution is -0.677. The second-order valence-electron chi connectivity index (χ2n) is 8.93. The van der Waals surface area contributed by atoms with Gasteiger partial charge >= 0.3 is 5.89 Å². The van der Waals surface area contributed by atoms with Crippen molar-refractivity contribution >= 4 is 43.1 Å². The third-order valence-corrected chi connectivity index (χ3v) is 7.43. The molecule has 2 aromatic carbocycles. The molecule has 2 heterocycles. The molecule has 10 nitrogen and oxygen atoms in total. The highest BCUT2D eigenvalue weighted by atomic mass is 32.2. The van der Waals surface area contributed by atoms with Gasteiger partial charge in [0.2, 0.25) is 11.5 Å². The van der Waals surface area contributed by atoms with Crippen molar-refractivity contribution in [2.45, 2.75) is 33.2 Å². The number of anilines is 1. The molecule has 0 spiro atoms. The lowest BCUT2D eigenvalue weighted by atomic mass is 10.2. The Kier molecular flexibility index (Phi) is 7.74. The maximum Gasteiger partial charge on any atom is 0.374 e. The number of fused-ring (bicyclic) bond motifs is 2. The van der Waals surface area contributed by atoms with Gasteiger partial charge in [-0.1, -0.05) is 12.1 Å². The van der Waals surface area contributed by atoms with Crippen LogP contribution in [0.4, 0.5) is 5.69 Å². The number of hydrogen-bond donors (Lipinski definition) is 2. The van der Waals surface area contributed by atoms with Crippen molar-refractivity contribution in [1.82, 2.24) is 0 Å². The second-order valence-corrected chi connectivity index (χ2v) is 12.1. The summed E-state index contributed by atoms with van der Waals surface area (Å²) >= 11 is 0. The largest absolute Gasteiger partial charge is 0.439 e. The fourth-order valence-corrected chi connectivity index (χ4v) is 5.15. The molecule has 0 fully saturated rings. The first-order valence-corrected chi connectivity index (χ1v) is 14.9. The number of aryl methyl sites for hydroxylation is 3. The molecule has 0 bridgehead atoms. The van der Waals surface area contributed by atoms with E-state index in [1.807, 2.05) is 59.7 Å². The predicted octanol–water partition coefficient (Wildman–Crippen LogP) is 3.65. The van der Waals surface area contributed by atoms with Crippen LogP contribution in [0.5, 0.6) is 5.75 Å². The smallest absolute Gasteiger partial charge is 0.374 e. The predicted molar refractivity (Wildman–Crippen MR) is 139 cm³/mol. The zero-order valence-electron chi connectivity index (χ0n) is 20.5. The van der Waals surface area contributed by atoms with E-state index in [2.05, 4.69) is 0 Å². The number of aromatic nitrogens is 1. The first-order chi connectivity index (χ1) is 17.4. The molecule has 0 unspecified atom stereocenters. The third-order valence-electron chi connectivity index (χ3n) is 5.82. The fraction of sp³-hybridized carbons (Fsp3) is 0.320. The first-order valence-electron chi connectivity index (χ1n) is 11.7. The second kappa shape index (κ2) is 10.7. The summed E-state index contributed by atoms with van der Waals surface area (Å²) in [7, 11) is -8.16. The van der Waals surface area contributed by atoms with Crippen LogP contribution in [0.15, 0.2) is 58.9 Å². The summed E-state index contributed by atoms with van der Waals surface area (Å²) in [5.74, 6) is 0.881. The summed E-state index contributed by atoms with van der Waals surface area (Å²) in [6.45, 7) is 4.51. The van der Waals surface area contributed by atoms with E-state index in [1.165, 1.54) is 0 Å². The van der Waals surface area contributed by atoms with Gasteiger partial charge < -0.3 is 14.1 Å². The molecule has 3 aromatic rings. The molecule has 1 aliphatic rings. The Labute approximate surface area is 216 Å². The molecule has 0 aliphatic carbocycles. The quantitative estimate of drug-likeness (QED) is 0.287. The van der Waals surface area contributed by atoms with Crippen LogP contribution < -0.4 is 14.2 Å². The van der Waals surface area contributed by atoms with E-state index >= 15 is 0 Å². The fourth-order valence-electron chi connectivity index (χ4n) is 4.16. The highest BCUT2D eigenvalue weighted by molar-refractivity contribution is 7.86. The van der Waals surface area contributed by atoms with Crippen molar-refractivity contribution in [3.8, 4) is 5.75 Å². The Bertz CT molecular complexity index is 1590. The van der Waals surface area contributed by atoms with Gasteiger partial charge in [0.15, 0.2) is 12.3 Å². The van der Waals surface area contributed by atoms with E-state index in [4.69, 9.17) is 18.3 Å². The van der Waals surface area contributed by atoms with Gasteiger partial charge in [0.05, 0.1) is 23.3 Å². The molecule has 12 heteroatoms. The number of allylic oxidation sites excluding steroid dienone is 2. The van der Waals surface area contributed by atoms with Crippen LogP contribution in [-0.4, -0.2) is 44.0 Å². The van der Waals surface area contributed by atoms with Gasteiger partial charge in [0, 0.05) is 19.0 Å². The van der Waals surface area contributed by atoms with Crippen LogP contribution >= 0.6 is 0 Å². The van der Waals surface area contributed by atoms with Gasteiger partial charge in [-0.2, -0.15) is 21.4 Å². The lowest BCUT2D eigenvalue weighted by Crippen LogP contribution is -2.36. The number of benzene rings is 2. The third kappa shape index (κ3) is 6.98. The Morgan fingerprint density at radius 3 is 2.35 bits per heavy atom. The van der Waals surface area contributed by atoms with Gasteiger partial charge in [-0.3, -0.25) is 9.11 Å². The number of hydrogen-bond acceptors (Lipinski definition) is 7. The summed E-state index contributed by atoms with van der Waals surface area (Å²) < 4.78 is 76.8. The molecule has 0 atom stereocenters. The first kappa shape index (κ1) is 26.9. The molecule has 0 radical (unpaired) electrons. The van der Waals surface area contributed by atoms with E-state index in [0.29, 0.717) is 36.2 Å². The summed E-state index contributed by atoms with van der Waals surface area (Å²) in [5, 5.41) is 0. The average Bonchev–Trinajstić information content (AvgIpc) is 3.29. The van der Waals surface area contributed by atoms with Crippen molar-refractivity contribution in [1.29, 1.82) is 0 Å². The zero-order valence-corrected chi connectivity index (χ0v) is 22.1. The van der Waals surface area contributed by atoms with E-state index in [-0.39, 0.29) is 24.3 Å². The van der Waals surface area contributed by atoms with Crippen LogP contribution in [0.3, 0.4) is 0 Å². The van der Waals surface area contributed by atoms with Crippen LogP contribution in [0.2, 0.25) is 0 Å². The molecule has 1 aliphatic heterocycles. The minimum absolute atomic E-state index is 0.202. The van der Waals surface area contributed by atoms with Crippen molar-refractivity contribution in [3.05, 3.63) is 71.5 Å². The number of oxazole rings is 1. The minimum atomic E-state index is -4.08. The minimum Gasteiger partial charge on any atom is -0.439 e.